The van der Waals surface area contributed by atoms with Crippen LogP contribution in [-0.2, 0) is 0 Å². The Hall–Kier alpha value is -1.71. The van der Waals surface area contributed by atoms with E-state index in [0.29, 0.717) is 13.2 Å². The van der Waals surface area contributed by atoms with E-state index in [1.165, 1.54) is 0 Å². The Labute approximate surface area is 122 Å². The first-order chi connectivity index (χ1) is 9.77. The van der Waals surface area contributed by atoms with Gasteiger partial charge in [-0.2, -0.15) is 0 Å². The Morgan fingerprint density at radius 2 is 1.80 bits per heavy atom. The lowest BCUT2D eigenvalue weighted by Crippen LogP contribution is -2.41. The van der Waals surface area contributed by atoms with Gasteiger partial charge in [-0.05, 0) is 31.4 Å². The molecule has 0 spiro atoms. The third kappa shape index (κ3) is 6.45. The standard InChI is InChI=1S/C16H26N2O2/c1-3-12-18(13-4-2)16(19)17-11-8-14-20-15-9-6-5-7-10-15/h5-7,9-10H,3-4,8,11-14H2,1-2H3,(H,17,19). The molecule has 0 saturated heterocycles. The van der Waals surface area contributed by atoms with Crippen molar-refractivity contribution in [3.63, 3.8) is 0 Å². The van der Waals surface area contributed by atoms with Crippen LogP contribution in [0.5, 0.6) is 5.75 Å². The summed E-state index contributed by atoms with van der Waals surface area (Å²) in [6.07, 6.45) is 2.79. The summed E-state index contributed by atoms with van der Waals surface area (Å²) in [5, 5.41) is 2.95. The molecule has 1 rings (SSSR count). The molecule has 0 saturated carbocycles. The summed E-state index contributed by atoms with van der Waals surface area (Å²) < 4.78 is 5.58. The fraction of sp³-hybridized carbons (Fsp3) is 0.562. The maximum Gasteiger partial charge on any atom is 0.317 e. The summed E-state index contributed by atoms with van der Waals surface area (Å²) in [5.41, 5.74) is 0. The SMILES string of the molecule is CCCN(CCC)C(=O)NCCCOc1ccccc1. The van der Waals surface area contributed by atoms with E-state index in [2.05, 4.69) is 19.2 Å². The van der Waals surface area contributed by atoms with Crippen molar-refractivity contribution in [3.05, 3.63) is 30.3 Å². The first-order valence-electron chi connectivity index (χ1n) is 7.48. The average molecular weight is 278 g/mol. The smallest absolute Gasteiger partial charge is 0.317 e. The van der Waals surface area contributed by atoms with Crippen molar-refractivity contribution < 1.29 is 9.53 Å². The van der Waals surface area contributed by atoms with E-state index in [0.717, 1.165) is 38.1 Å². The van der Waals surface area contributed by atoms with Crippen LogP contribution in [0.2, 0.25) is 0 Å². The van der Waals surface area contributed by atoms with E-state index in [-0.39, 0.29) is 6.03 Å². The topological polar surface area (TPSA) is 41.6 Å². The Balaban J connectivity index is 2.14. The van der Waals surface area contributed by atoms with Gasteiger partial charge in [-0.25, -0.2) is 4.79 Å². The fourth-order valence-corrected chi connectivity index (χ4v) is 1.94. The minimum atomic E-state index is 0.0356. The normalized spacial score (nSPS) is 10.1. The molecule has 1 aromatic carbocycles. The van der Waals surface area contributed by atoms with Gasteiger partial charge in [0, 0.05) is 19.6 Å². The molecule has 0 aliphatic rings. The summed E-state index contributed by atoms with van der Waals surface area (Å²) in [6.45, 7) is 7.08. The van der Waals surface area contributed by atoms with E-state index in [4.69, 9.17) is 4.74 Å². The number of rotatable bonds is 9. The summed E-state index contributed by atoms with van der Waals surface area (Å²) in [4.78, 5) is 13.8. The predicted molar refractivity (Wildman–Crippen MR) is 82.1 cm³/mol. The second-order valence-corrected chi connectivity index (χ2v) is 4.73. The number of nitrogens with zero attached hydrogens (tertiary/aromatic N) is 1. The molecule has 0 aliphatic carbocycles. The Morgan fingerprint density at radius 3 is 2.40 bits per heavy atom. The highest BCUT2D eigenvalue weighted by atomic mass is 16.5. The van der Waals surface area contributed by atoms with Crippen LogP contribution >= 0.6 is 0 Å². The Morgan fingerprint density at radius 1 is 1.15 bits per heavy atom. The van der Waals surface area contributed by atoms with Gasteiger partial charge in [-0.15, -0.1) is 0 Å². The van der Waals surface area contributed by atoms with Gasteiger partial charge in [0.05, 0.1) is 6.61 Å². The molecule has 0 aliphatic heterocycles. The number of benzene rings is 1. The first-order valence-corrected chi connectivity index (χ1v) is 7.48. The number of nitrogens with one attached hydrogen (secondary N) is 1. The molecular weight excluding hydrogens is 252 g/mol. The van der Waals surface area contributed by atoms with Crippen LogP contribution in [0.1, 0.15) is 33.1 Å². The van der Waals surface area contributed by atoms with E-state index < -0.39 is 0 Å². The number of carbonyl (C=O) groups excluding carboxylic acids is 1. The highest BCUT2D eigenvalue weighted by Gasteiger charge is 2.09. The quantitative estimate of drug-likeness (QED) is 0.704. The molecule has 0 aromatic heterocycles. The fourth-order valence-electron chi connectivity index (χ4n) is 1.94. The zero-order chi connectivity index (χ0) is 14.6. The molecule has 1 aromatic rings. The van der Waals surface area contributed by atoms with Gasteiger partial charge in [0.1, 0.15) is 5.75 Å². The molecule has 2 amide bonds. The van der Waals surface area contributed by atoms with Crippen molar-refractivity contribution >= 4 is 6.03 Å². The van der Waals surface area contributed by atoms with E-state index in [1.54, 1.807) is 0 Å². The molecule has 0 heterocycles. The highest BCUT2D eigenvalue weighted by molar-refractivity contribution is 5.74. The molecule has 4 nitrogen and oxygen atoms in total. The number of amides is 2. The number of carbonyl (C=O) groups is 1. The van der Waals surface area contributed by atoms with Crippen LogP contribution in [0.15, 0.2) is 30.3 Å². The van der Waals surface area contributed by atoms with Crippen LogP contribution in [0.25, 0.3) is 0 Å². The Kier molecular flexibility index (Phi) is 8.27. The summed E-state index contributed by atoms with van der Waals surface area (Å²) in [7, 11) is 0. The van der Waals surface area contributed by atoms with Crippen molar-refractivity contribution in [3.8, 4) is 5.75 Å². The summed E-state index contributed by atoms with van der Waals surface area (Å²) >= 11 is 0. The average Bonchev–Trinajstić information content (AvgIpc) is 2.47. The van der Waals surface area contributed by atoms with Crippen molar-refractivity contribution in [2.75, 3.05) is 26.2 Å². The van der Waals surface area contributed by atoms with Gasteiger partial charge in [0.25, 0.3) is 0 Å². The summed E-state index contributed by atoms with van der Waals surface area (Å²) in [5.74, 6) is 0.873. The largest absolute Gasteiger partial charge is 0.494 e. The second-order valence-electron chi connectivity index (χ2n) is 4.73. The van der Waals surface area contributed by atoms with E-state index >= 15 is 0 Å². The zero-order valence-corrected chi connectivity index (χ0v) is 12.6. The number of hydrogen-bond donors (Lipinski definition) is 1. The van der Waals surface area contributed by atoms with Gasteiger partial charge in [0.15, 0.2) is 0 Å². The van der Waals surface area contributed by atoms with Gasteiger partial charge in [-0.3, -0.25) is 0 Å². The van der Waals surface area contributed by atoms with Crippen molar-refractivity contribution in [1.82, 2.24) is 10.2 Å². The predicted octanol–water partition coefficient (Wildman–Crippen LogP) is 3.29. The van der Waals surface area contributed by atoms with Crippen LogP contribution in [-0.4, -0.2) is 37.2 Å². The molecule has 112 valence electrons. The molecule has 4 heteroatoms. The highest BCUT2D eigenvalue weighted by Crippen LogP contribution is 2.08. The van der Waals surface area contributed by atoms with Crippen molar-refractivity contribution in [2.24, 2.45) is 0 Å². The Bertz CT molecular complexity index is 362. The lowest BCUT2D eigenvalue weighted by atomic mass is 10.3. The van der Waals surface area contributed by atoms with Crippen LogP contribution in [0, 0.1) is 0 Å². The third-order valence-electron chi connectivity index (χ3n) is 2.88. The molecule has 0 atom stereocenters. The monoisotopic (exact) mass is 278 g/mol. The van der Waals surface area contributed by atoms with Crippen LogP contribution < -0.4 is 10.1 Å². The molecule has 20 heavy (non-hydrogen) atoms. The molecule has 0 bridgehead atoms. The number of hydrogen-bond acceptors (Lipinski definition) is 2. The first kappa shape index (κ1) is 16.3. The molecule has 0 fully saturated rings. The molecule has 0 unspecified atom stereocenters. The molecular formula is C16H26N2O2. The van der Waals surface area contributed by atoms with E-state index in [1.807, 2.05) is 35.2 Å². The maximum atomic E-state index is 11.9. The van der Waals surface area contributed by atoms with Crippen molar-refractivity contribution in [2.45, 2.75) is 33.1 Å². The van der Waals surface area contributed by atoms with Crippen LogP contribution in [0.4, 0.5) is 4.79 Å². The lowest BCUT2D eigenvalue weighted by molar-refractivity contribution is 0.196. The van der Waals surface area contributed by atoms with Crippen molar-refractivity contribution in [1.29, 1.82) is 0 Å². The van der Waals surface area contributed by atoms with Gasteiger partial charge in [-0.1, -0.05) is 32.0 Å². The maximum absolute atomic E-state index is 11.9. The number of ether oxygens (including phenoxy) is 1. The minimum absolute atomic E-state index is 0.0356. The number of urea groups is 1. The van der Waals surface area contributed by atoms with Crippen LogP contribution in [0.3, 0.4) is 0 Å². The zero-order valence-electron chi connectivity index (χ0n) is 12.6. The lowest BCUT2D eigenvalue weighted by Gasteiger charge is -2.21. The second kappa shape index (κ2) is 10.1. The summed E-state index contributed by atoms with van der Waals surface area (Å²) in [6, 6.07) is 9.76. The molecule has 1 N–H and O–H groups in total. The van der Waals surface area contributed by atoms with Gasteiger partial charge < -0.3 is 15.0 Å². The minimum Gasteiger partial charge on any atom is -0.494 e. The third-order valence-corrected chi connectivity index (χ3v) is 2.88. The number of para-hydroxylation sites is 1. The molecule has 0 radical (unpaired) electrons. The van der Waals surface area contributed by atoms with E-state index in [9.17, 15) is 4.79 Å². The van der Waals surface area contributed by atoms with Gasteiger partial charge in [0.2, 0.25) is 0 Å². The van der Waals surface area contributed by atoms with Gasteiger partial charge >= 0.3 is 6.03 Å².